The summed E-state index contributed by atoms with van der Waals surface area (Å²) in [6, 6.07) is 5.87. The first kappa shape index (κ1) is 19.0. The molecule has 5 nitrogen and oxygen atoms in total. The van der Waals surface area contributed by atoms with Crippen LogP contribution in [0.4, 0.5) is 0 Å². The van der Waals surface area contributed by atoms with E-state index in [0.29, 0.717) is 18.0 Å². The molecule has 0 saturated carbocycles. The number of benzene rings is 1. The van der Waals surface area contributed by atoms with Crippen LogP contribution in [0.15, 0.2) is 35.6 Å². The third-order valence-corrected chi connectivity index (χ3v) is 4.87. The van der Waals surface area contributed by atoms with Crippen molar-refractivity contribution in [2.24, 2.45) is 5.92 Å². The molecule has 136 valence electrons. The van der Waals surface area contributed by atoms with E-state index in [9.17, 15) is 19.8 Å². The quantitative estimate of drug-likeness (QED) is 0.749. The summed E-state index contributed by atoms with van der Waals surface area (Å²) in [5.41, 5.74) is 0.744. The molecule has 1 aliphatic heterocycles. The minimum Gasteiger partial charge on any atom is -0.508 e. The van der Waals surface area contributed by atoms with E-state index in [0.717, 1.165) is 25.7 Å². The highest BCUT2D eigenvalue weighted by Crippen LogP contribution is 2.39. The summed E-state index contributed by atoms with van der Waals surface area (Å²) >= 11 is 0. The second-order valence-corrected chi connectivity index (χ2v) is 6.69. The predicted molar refractivity (Wildman–Crippen MR) is 96.2 cm³/mol. The van der Waals surface area contributed by atoms with Crippen LogP contribution < -0.4 is 0 Å². The van der Waals surface area contributed by atoms with E-state index in [1.165, 1.54) is 13.0 Å². The van der Waals surface area contributed by atoms with Crippen molar-refractivity contribution in [2.75, 3.05) is 6.54 Å². The highest BCUT2D eigenvalue weighted by atomic mass is 16.3. The van der Waals surface area contributed by atoms with E-state index in [1.807, 2.05) is 0 Å². The SMILES string of the molecule is CCCC[C@H](CC)CN1C(=O)C(O)=C(C(C)=O)[C@@H]1c1cccc(O)c1. The molecule has 0 saturated heterocycles. The van der Waals surface area contributed by atoms with Crippen LogP contribution in [0.25, 0.3) is 0 Å². The van der Waals surface area contributed by atoms with E-state index in [-0.39, 0.29) is 17.1 Å². The molecule has 1 heterocycles. The van der Waals surface area contributed by atoms with Gasteiger partial charge in [0.1, 0.15) is 5.75 Å². The standard InChI is InChI=1S/C20H27NO4/c1-4-6-8-14(5-2)12-21-18(15-9-7-10-16(23)11-15)17(13(3)22)19(24)20(21)25/h7,9-11,14,18,23-24H,4-6,8,12H2,1-3H3/t14-,18-/m0/s1. The Kier molecular flexibility index (Phi) is 6.23. The Morgan fingerprint density at radius 2 is 2.00 bits per heavy atom. The first-order valence-corrected chi connectivity index (χ1v) is 8.94. The lowest BCUT2D eigenvalue weighted by Crippen LogP contribution is -2.35. The van der Waals surface area contributed by atoms with Crippen LogP contribution in [0, 0.1) is 5.92 Å². The Morgan fingerprint density at radius 1 is 1.28 bits per heavy atom. The zero-order valence-corrected chi connectivity index (χ0v) is 15.2. The van der Waals surface area contributed by atoms with Gasteiger partial charge in [-0.25, -0.2) is 0 Å². The summed E-state index contributed by atoms with van der Waals surface area (Å²) in [5.74, 6) is -0.928. The average molecular weight is 345 g/mol. The monoisotopic (exact) mass is 345 g/mol. The zero-order valence-electron chi connectivity index (χ0n) is 15.2. The van der Waals surface area contributed by atoms with Crippen LogP contribution in [0.2, 0.25) is 0 Å². The van der Waals surface area contributed by atoms with Gasteiger partial charge in [0.25, 0.3) is 5.91 Å². The smallest absolute Gasteiger partial charge is 0.290 e. The number of Topliss-reactive ketones (excluding diaryl/α,β-unsaturated/α-hetero) is 1. The fourth-order valence-electron chi connectivity index (χ4n) is 3.44. The second kappa shape index (κ2) is 8.19. The molecule has 1 amide bonds. The van der Waals surface area contributed by atoms with Crippen LogP contribution in [-0.4, -0.2) is 33.3 Å². The minimum absolute atomic E-state index is 0.0669. The molecular formula is C20H27NO4. The molecule has 25 heavy (non-hydrogen) atoms. The Hall–Kier alpha value is -2.30. The number of phenols is 1. The normalized spacial score (nSPS) is 18.8. The molecule has 0 aromatic heterocycles. The highest BCUT2D eigenvalue weighted by Gasteiger charge is 2.42. The van der Waals surface area contributed by atoms with Gasteiger partial charge in [-0.15, -0.1) is 0 Å². The fourth-order valence-corrected chi connectivity index (χ4v) is 3.44. The second-order valence-electron chi connectivity index (χ2n) is 6.69. The van der Waals surface area contributed by atoms with Crippen LogP contribution >= 0.6 is 0 Å². The number of aromatic hydroxyl groups is 1. The van der Waals surface area contributed by atoms with Gasteiger partial charge >= 0.3 is 0 Å². The highest BCUT2D eigenvalue weighted by molar-refractivity contribution is 6.08. The van der Waals surface area contributed by atoms with Gasteiger partial charge in [-0.05, 0) is 37.0 Å². The molecule has 0 unspecified atom stereocenters. The lowest BCUT2D eigenvalue weighted by atomic mass is 9.94. The molecule has 0 radical (unpaired) electrons. The Morgan fingerprint density at radius 3 is 2.56 bits per heavy atom. The van der Waals surface area contributed by atoms with Crippen molar-refractivity contribution in [1.82, 2.24) is 4.90 Å². The molecule has 1 aromatic rings. The molecule has 0 spiro atoms. The number of hydrogen-bond donors (Lipinski definition) is 2. The average Bonchev–Trinajstić information content (AvgIpc) is 2.83. The van der Waals surface area contributed by atoms with Crippen LogP contribution in [0.5, 0.6) is 5.75 Å². The summed E-state index contributed by atoms with van der Waals surface area (Å²) < 4.78 is 0. The van der Waals surface area contributed by atoms with E-state index in [1.54, 1.807) is 23.1 Å². The van der Waals surface area contributed by atoms with Gasteiger partial charge in [-0.3, -0.25) is 9.59 Å². The molecule has 2 N–H and O–H groups in total. The first-order valence-electron chi connectivity index (χ1n) is 8.94. The summed E-state index contributed by atoms with van der Waals surface area (Å²) in [4.78, 5) is 26.3. The fraction of sp³-hybridized carbons (Fsp3) is 0.500. The number of phenolic OH excluding ortho intramolecular Hbond substituents is 1. The zero-order chi connectivity index (χ0) is 18.6. The molecule has 2 atom stereocenters. The number of carbonyl (C=O) groups is 2. The lowest BCUT2D eigenvalue weighted by Gasteiger charge is -2.30. The largest absolute Gasteiger partial charge is 0.508 e. The van der Waals surface area contributed by atoms with E-state index < -0.39 is 17.7 Å². The molecule has 0 aliphatic carbocycles. The van der Waals surface area contributed by atoms with Crippen LogP contribution in [0.1, 0.15) is 58.1 Å². The minimum atomic E-state index is -0.646. The predicted octanol–water partition coefficient (Wildman–Crippen LogP) is 3.89. The number of hydrogen-bond acceptors (Lipinski definition) is 4. The summed E-state index contributed by atoms with van der Waals surface area (Å²) in [7, 11) is 0. The Bertz CT molecular complexity index is 680. The number of nitrogens with zero attached hydrogens (tertiary/aromatic N) is 1. The van der Waals surface area contributed by atoms with Gasteiger partial charge in [0.15, 0.2) is 11.5 Å². The third kappa shape index (κ3) is 4.03. The summed E-state index contributed by atoms with van der Waals surface area (Å²) in [6.07, 6.45) is 4.09. The third-order valence-electron chi connectivity index (χ3n) is 4.87. The van der Waals surface area contributed by atoms with Crippen molar-refractivity contribution < 1.29 is 19.8 Å². The first-order chi connectivity index (χ1) is 11.9. The van der Waals surface area contributed by atoms with Crippen LogP contribution in [0.3, 0.4) is 0 Å². The van der Waals surface area contributed by atoms with Crippen molar-refractivity contribution in [3.05, 3.63) is 41.2 Å². The number of carbonyl (C=O) groups excluding carboxylic acids is 2. The van der Waals surface area contributed by atoms with Gasteiger partial charge in [-0.1, -0.05) is 45.2 Å². The molecule has 2 rings (SSSR count). The maximum atomic E-state index is 12.6. The molecule has 1 aromatic carbocycles. The maximum Gasteiger partial charge on any atom is 0.290 e. The molecule has 0 fully saturated rings. The topological polar surface area (TPSA) is 77.8 Å². The van der Waals surface area contributed by atoms with Crippen LogP contribution in [-0.2, 0) is 9.59 Å². The number of aliphatic hydroxyl groups excluding tert-OH is 1. The van der Waals surface area contributed by atoms with Crippen molar-refractivity contribution in [1.29, 1.82) is 0 Å². The molecule has 5 heteroatoms. The van der Waals surface area contributed by atoms with E-state index in [4.69, 9.17) is 0 Å². The van der Waals surface area contributed by atoms with Crippen molar-refractivity contribution in [3.63, 3.8) is 0 Å². The summed E-state index contributed by atoms with van der Waals surface area (Å²) in [5, 5.41) is 20.1. The number of unbranched alkanes of at least 4 members (excludes halogenated alkanes) is 1. The number of aliphatic hydroxyl groups is 1. The van der Waals surface area contributed by atoms with Crippen molar-refractivity contribution in [3.8, 4) is 5.75 Å². The number of rotatable bonds is 8. The molecule has 0 bridgehead atoms. The van der Waals surface area contributed by atoms with E-state index in [2.05, 4.69) is 13.8 Å². The van der Waals surface area contributed by atoms with Gasteiger partial charge in [0, 0.05) is 6.54 Å². The number of ketones is 1. The van der Waals surface area contributed by atoms with Crippen molar-refractivity contribution in [2.45, 2.75) is 52.5 Å². The van der Waals surface area contributed by atoms with Gasteiger partial charge < -0.3 is 15.1 Å². The van der Waals surface area contributed by atoms with Gasteiger partial charge in [0.2, 0.25) is 0 Å². The maximum absolute atomic E-state index is 12.6. The molecule has 1 aliphatic rings. The Labute approximate surface area is 149 Å². The van der Waals surface area contributed by atoms with E-state index >= 15 is 0 Å². The molecular weight excluding hydrogens is 318 g/mol. The number of amides is 1. The van der Waals surface area contributed by atoms with Crippen molar-refractivity contribution >= 4 is 11.7 Å². The Balaban J connectivity index is 2.39. The summed E-state index contributed by atoms with van der Waals surface area (Å²) in [6.45, 7) is 6.05. The lowest BCUT2D eigenvalue weighted by molar-refractivity contribution is -0.130. The van der Waals surface area contributed by atoms with Gasteiger partial charge in [-0.2, -0.15) is 0 Å². The van der Waals surface area contributed by atoms with Gasteiger partial charge in [0.05, 0.1) is 11.6 Å².